The minimum Gasteiger partial charge on any atom is -0.467 e. The number of nitrogens with two attached hydrogens (primary N) is 2. The number of hydrazone groups is 1. The Morgan fingerprint density at radius 3 is 3.00 bits per heavy atom. The molecule has 0 aliphatic heterocycles. The van der Waals surface area contributed by atoms with Gasteiger partial charge < -0.3 is 20.9 Å². The zero-order valence-electron chi connectivity index (χ0n) is 6.90. The van der Waals surface area contributed by atoms with Crippen LogP contribution in [0.25, 0.3) is 0 Å². The third-order valence-electron chi connectivity index (χ3n) is 1.50. The SMILES string of the molecule is CN(Cc1ccco1)/C(N)=N/N. The molecule has 1 heterocycles. The van der Waals surface area contributed by atoms with Crippen LogP contribution in [-0.4, -0.2) is 17.9 Å². The topological polar surface area (TPSA) is 80.8 Å². The van der Waals surface area contributed by atoms with Crippen molar-refractivity contribution in [2.45, 2.75) is 6.54 Å². The van der Waals surface area contributed by atoms with E-state index in [1.165, 1.54) is 0 Å². The van der Waals surface area contributed by atoms with Gasteiger partial charge in [-0.15, -0.1) is 5.10 Å². The molecule has 0 aliphatic rings. The van der Waals surface area contributed by atoms with E-state index in [-0.39, 0.29) is 5.96 Å². The Labute approximate surface area is 70.6 Å². The van der Waals surface area contributed by atoms with Gasteiger partial charge in [-0.05, 0) is 12.1 Å². The van der Waals surface area contributed by atoms with Crippen LogP contribution in [0.4, 0.5) is 0 Å². The second-order valence-electron chi connectivity index (χ2n) is 2.42. The van der Waals surface area contributed by atoms with Gasteiger partial charge in [0.2, 0.25) is 5.96 Å². The van der Waals surface area contributed by atoms with Crippen molar-refractivity contribution in [1.82, 2.24) is 4.90 Å². The van der Waals surface area contributed by atoms with E-state index < -0.39 is 0 Å². The Kier molecular flexibility index (Phi) is 2.57. The molecule has 0 radical (unpaired) electrons. The Bertz CT molecular complexity index is 254. The summed E-state index contributed by atoms with van der Waals surface area (Å²) in [7, 11) is 1.79. The highest BCUT2D eigenvalue weighted by Gasteiger charge is 2.03. The largest absolute Gasteiger partial charge is 0.467 e. The zero-order valence-corrected chi connectivity index (χ0v) is 6.90. The fourth-order valence-electron chi connectivity index (χ4n) is 0.816. The van der Waals surface area contributed by atoms with Crippen molar-refractivity contribution in [2.75, 3.05) is 7.05 Å². The summed E-state index contributed by atoms with van der Waals surface area (Å²) in [6, 6.07) is 3.68. The summed E-state index contributed by atoms with van der Waals surface area (Å²) in [6.45, 7) is 0.569. The van der Waals surface area contributed by atoms with Crippen LogP contribution < -0.4 is 11.6 Å². The molecule has 5 nitrogen and oxygen atoms in total. The standard InChI is InChI=1S/C7H12N4O/c1-11(7(8)10-9)5-6-3-2-4-12-6/h2-4H,5,9H2,1H3,(H2,8,10). The van der Waals surface area contributed by atoms with Gasteiger partial charge in [0.25, 0.3) is 0 Å². The lowest BCUT2D eigenvalue weighted by Crippen LogP contribution is -2.34. The fourth-order valence-corrected chi connectivity index (χ4v) is 0.816. The predicted molar refractivity (Wildman–Crippen MR) is 46.0 cm³/mol. The van der Waals surface area contributed by atoms with Crippen LogP contribution in [-0.2, 0) is 6.54 Å². The molecule has 1 aromatic heterocycles. The average Bonchev–Trinajstić information content (AvgIpc) is 2.55. The van der Waals surface area contributed by atoms with E-state index in [0.717, 1.165) is 5.76 Å². The first-order valence-corrected chi connectivity index (χ1v) is 3.51. The summed E-state index contributed by atoms with van der Waals surface area (Å²) in [5, 5.41) is 3.35. The fraction of sp³-hybridized carbons (Fsp3) is 0.286. The highest BCUT2D eigenvalue weighted by atomic mass is 16.3. The lowest BCUT2D eigenvalue weighted by molar-refractivity contribution is 0.407. The van der Waals surface area contributed by atoms with Crippen molar-refractivity contribution in [3.63, 3.8) is 0 Å². The molecule has 0 spiro atoms. The highest BCUT2D eigenvalue weighted by Crippen LogP contribution is 2.02. The number of rotatable bonds is 2. The monoisotopic (exact) mass is 168 g/mol. The van der Waals surface area contributed by atoms with Gasteiger partial charge in [0, 0.05) is 7.05 Å². The first-order valence-electron chi connectivity index (χ1n) is 3.51. The zero-order chi connectivity index (χ0) is 8.97. The van der Waals surface area contributed by atoms with E-state index >= 15 is 0 Å². The molecule has 66 valence electrons. The van der Waals surface area contributed by atoms with E-state index in [0.29, 0.717) is 6.54 Å². The molecule has 0 atom stereocenters. The lowest BCUT2D eigenvalue weighted by atomic mass is 10.4. The molecular formula is C7H12N4O. The van der Waals surface area contributed by atoms with E-state index in [2.05, 4.69) is 5.10 Å². The summed E-state index contributed by atoms with van der Waals surface area (Å²) in [5.74, 6) is 6.10. The van der Waals surface area contributed by atoms with Gasteiger partial charge in [0.1, 0.15) is 5.76 Å². The number of guanidine groups is 1. The Morgan fingerprint density at radius 1 is 1.75 bits per heavy atom. The van der Waals surface area contributed by atoms with Gasteiger partial charge in [-0.1, -0.05) is 0 Å². The van der Waals surface area contributed by atoms with E-state index in [9.17, 15) is 0 Å². The third-order valence-corrected chi connectivity index (χ3v) is 1.50. The van der Waals surface area contributed by atoms with Crippen LogP contribution in [0, 0.1) is 0 Å². The molecule has 1 rings (SSSR count). The molecule has 0 amide bonds. The second-order valence-corrected chi connectivity index (χ2v) is 2.42. The normalized spacial score (nSPS) is 11.6. The van der Waals surface area contributed by atoms with Gasteiger partial charge in [-0.3, -0.25) is 0 Å². The maximum absolute atomic E-state index is 5.44. The van der Waals surface area contributed by atoms with Crippen molar-refractivity contribution >= 4 is 5.96 Å². The molecule has 1 aromatic rings. The van der Waals surface area contributed by atoms with Crippen LogP contribution in [0.5, 0.6) is 0 Å². The van der Waals surface area contributed by atoms with Gasteiger partial charge in [-0.2, -0.15) is 0 Å². The first-order chi connectivity index (χ1) is 5.74. The lowest BCUT2D eigenvalue weighted by Gasteiger charge is -2.14. The summed E-state index contributed by atoms with van der Waals surface area (Å²) in [6.07, 6.45) is 1.61. The maximum Gasteiger partial charge on any atom is 0.213 e. The van der Waals surface area contributed by atoms with Crippen LogP contribution in [0.3, 0.4) is 0 Å². The van der Waals surface area contributed by atoms with Gasteiger partial charge in [-0.25, -0.2) is 0 Å². The molecule has 0 bridgehead atoms. The third kappa shape index (κ3) is 1.91. The van der Waals surface area contributed by atoms with Crippen molar-refractivity contribution < 1.29 is 4.42 Å². The predicted octanol–water partition coefficient (Wildman–Crippen LogP) is -0.100. The molecule has 0 saturated heterocycles. The number of nitrogens with zero attached hydrogens (tertiary/aromatic N) is 2. The minimum absolute atomic E-state index is 0.284. The Morgan fingerprint density at radius 2 is 2.50 bits per heavy atom. The second kappa shape index (κ2) is 3.66. The Hall–Kier alpha value is -1.65. The summed E-state index contributed by atoms with van der Waals surface area (Å²) >= 11 is 0. The van der Waals surface area contributed by atoms with Crippen molar-refractivity contribution in [3.05, 3.63) is 24.2 Å². The molecule has 5 heteroatoms. The average molecular weight is 168 g/mol. The quantitative estimate of drug-likeness (QED) is 0.279. The molecular weight excluding hydrogens is 156 g/mol. The van der Waals surface area contributed by atoms with Crippen LogP contribution in [0.15, 0.2) is 27.9 Å². The van der Waals surface area contributed by atoms with Crippen LogP contribution >= 0.6 is 0 Å². The number of hydrogen-bond donors (Lipinski definition) is 2. The van der Waals surface area contributed by atoms with Crippen molar-refractivity contribution in [1.29, 1.82) is 0 Å². The first kappa shape index (κ1) is 8.45. The van der Waals surface area contributed by atoms with E-state index in [1.54, 1.807) is 18.2 Å². The number of furan rings is 1. The summed E-state index contributed by atoms with van der Waals surface area (Å²) in [5.41, 5.74) is 5.44. The van der Waals surface area contributed by atoms with E-state index in [1.807, 2.05) is 12.1 Å². The van der Waals surface area contributed by atoms with Gasteiger partial charge in [0.15, 0.2) is 0 Å². The Balaban J connectivity index is 2.53. The van der Waals surface area contributed by atoms with Crippen LogP contribution in [0.1, 0.15) is 5.76 Å². The van der Waals surface area contributed by atoms with Gasteiger partial charge >= 0.3 is 0 Å². The molecule has 0 saturated carbocycles. The van der Waals surface area contributed by atoms with E-state index in [4.69, 9.17) is 16.0 Å². The molecule has 4 N–H and O–H groups in total. The van der Waals surface area contributed by atoms with Crippen LogP contribution in [0.2, 0.25) is 0 Å². The van der Waals surface area contributed by atoms with Crippen molar-refractivity contribution in [3.8, 4) is 0 Å². The van der Waals surface area contributed by atoms with Crippen molar-refractivity contribution in [2.24, 2.45) is 16.7 Å². The summed E-state index contributed by atoms with van der Waals surface area (Å²) < 4.78 is 5.11. The smallest absolute Gasteiger partial charge is 0.213 e. The molecule has 0 aliphatic carbocycles. The molecule has 12 heavy (non-hydrogen) atoms. The maximum atomic E-state index is 5.44. The summed E-state index contributed by atoms with van der Waals surface area (Å²) in [4.78, 5) is 1.69. The molecule has 0 unspecified atom stereocenters. The molecule has 0 aromatic carbocycles. The van der Waals surface area contributed by atoms with Gasteiger partial charge in [0.05, 0.1) is 12.8 Å². The highest BCUT2D eigenvalue weighted by molar-refractivity contribution is 5.77. The minimum atomic E-state index is 0.284. The molecule has 0 fully saturated rings. The number of hydrogen-bond acceptors (Lipinski definition) is 3.